The van der Waals surface area contributed by atoms with Crippen molar-refractivity contribution in [3.8, 4) is 11.5 Å². The van der Waals surface area contributed by atoms with Crippen molar-refractivity contribution in [2.45, 2.75) is 18.5 Å². The molecule has 0 bridgehead atoms. The van der Waals surface area contributed by atoms with Crippen LogP contribution in [0.4, 0.5) is 0 Å². The van der Waals surface area contributed by atoms with Crippen LogP contribution in [0.15, 0.2) is 42.7 Å². The standard InChI is InChI=1S/C19H24N4O2/c1-24-17-6-2-4-13-8-16(12-25-19(13)17)21-10-15-11-22-23-18(15)14-5-3-7-20-9-14/h2-7,9,15-16,18,21-23H,8,10-12H2,1H3. The third-order valence-electron chi connectivity index (χ3n) is 4.98. The van der Waals surface area contributed by atoms with Gasteiger partial charge >= 0.3 is 0 Å². The van der Waals surface area contributed by atoms with Gasteiger partial charge in [-0.25, -0.2) is 5.43 Å². The van der Waals surface area contributed by atoms with Crippen LogP contribution in [0.25, 0.3) is 0 Å². The quantitative estimate of drug-likeness (QED) is 0.766. The molecule has 4 rings (SSSR count). The number of para-hydroxylation sites is 1. The Morgan fingerprint density at radius 2 is 2.28 bits per heavy atom. The van der Waals surface area contributed by atoms with E-state index in [1.54, 1.807) is 7.11 Å². The number of nitrogens with zero attached hydrogens (tertiary/aromatic N) is 1. The number of benzene rings is 1. The maximum Gasteiger partial charge on any atom is 0.164 e. The minimum atomic E-state index is 0.276. The SMILES string of the molecule is COc1cccc2c1OCC(NCC1CNNC1c1cccnc1)C2. The maximum absolute atomic E-state index is 5.96. The van der Waals surface area contributed by atoms with Gasteiger partial charge in [0.2, 0.25) is 0 Å². The predicted molar refractivity (Wildman–Crippen MR) is 95.6 cm³/mol. The third-order valence-corrected chi connectivity index (χ3v) is 4.98. The van der Waals surface area contributed by atoms with E-state index in [1.807, 2.05) is 30.6 Å². The van der Waals surface area contributed by atoms with Crippen molar-refractivity contribution in [1.29, 1.82) is 0 Å². The number of hydrogen-bond donors (Lipinski definition) is 3. The van der Waals surface area contributed by atoms with E-state index in [2.05, 4.69) is 33.3 Å². The molecule has 3 heterocycles. The van der Waals surface area contributed by atoms with Crippen molar-refractivity contribution >= 4 is 0 Å². The van der Waals surface area contributed by atoms with E-state index >= 15 is 0 Å². The van der Waals surface area contributed by atoms with Crippen molar-refractivity contribution in [2.24, 2.45) is 5.92 Å². The Hall–Kier alpha value is -2.15. The lowest BCUT2D eigenvalue weighted by Gasteiger charge is -2.29. The second-order valence-electron chi connectivity index (χ2n) is 6.62. The number of hydrogen-bond acceptors (Lipinski definition) is 6. The molecule has 3 N–H and O–H groups in total. The van der Waals surface area contributed by atoms with E-state index < -0.39 is 0 Å². The van der Waals surface area contributed by atoms with E-state index in [0.717, 1.165) is 31.0 Å². The molecule has 1 fully saturated rings. The van der Waals surface area contributed by atoms with Crippen LogP contribution >= 0.6 is 0 Å². The fourth-order valence-electron chi connectivity index (χ4n) is 3.65. The first-order valence-corrected chi connectivity index (χ1v) is 8.75. The molecule has 132 valence electrons. The summed E-state index contributed by atoms with van der Waals surface area (Å²) in [6.45, 7) is 2.52. The molecule has 2 aliphatic rings. The Morgan fingerprint density at radius 1 is 1.32 bits per heavy atom. The van der Waals surface area contributed by atoms with Crippen molar-refractivity contribution in [1.82, 2.24) is 21.2 Å². The monoisotopic (exact) mass is 340 g/mol. The summed E-state index contributed by atoms with van der Waals surface area (Å²) < 4.78 is 11.3. The zero-order valence-corrected chi connectivity index (χ0v) is 14.4. The molecule has 1 saturated heterocycles. The normalized spacial score (nSPS) is 25.2. The van der Waals surface area contributed by atoms with Gasteiger partial charge < -0.3 is 14.8 Å². The van der Waals surface area contributed by atoms with Crippen LogP contribution in [-0.2, 0) is 6.42 Å². The Labute approximate surface area is 147 Å². The van der Waals surface area contributed by atoms with E-state index in [9.17, 15) is 0 Å². The summed E-state index contributed by atoms with van der Waals surface area (Å²) in [5.41, 5.74) is 9.06. The molecule has 1 aromatic carbocycles. The fraction of sp³-hybridized carbons (Fsp3) is 0.421. The van der Waals surface area contributed by atoms with Gasteiger partial charge in [-0.05, 0) is 29.7 Å². The Kier molecular flexibility index (Phi) is 4.83. The molecule has 2 aromatic rings. The van der Waals surface area contributed by atoms with E-state index in [0.29, 0.717) is 18.6 Å². The molecule has 6 heteroatoms. The number of pyridine rings is 1. The lowest BCUT2D eigenvalue weighted by atomic mass is 9.95. The number of rotatable bonds is 5. The Bertz CT molecular complexity index is 710. The van der Waals surface area contributed by atoms with Gasteiger partial charge in [-0.1, -0.05) is 18.2 Å². The van der Waals surface area contributed by atoms with Gasteiger partial charge in [0.05, 0.1) is 13.2 Å². The van der Waals surface area contributed by atoms with E-state index in [4.69, 9.17) is 9.47 Å². The smallest absolute Gasteiger partial charge is 0.164 e. The van der Waals surface area contributed by atoms with Gasteiger partial charge in [0, 0.05) is 37.4 Å². The Morgan fingerprint density at radius 3 is 3.12 bits per heavy atom. The maximum atomic E-state index is 5.96. The van der Waals surface area contributed by atoms with Crippen LogP contribution in [-0.4, -0.2) is 37.8 Å². The lowest BCUT2D eigenvalue weighted by molar-refractivity contribution is 0.222. The summed E-state index contributed by atoms with van der Waals surface area (Å²) in [6, 6.07) is 10.8. The summed E-state index contributed by atoms with van der Waals surface area (Å²) in [5.74, 6) is 2.17. The van der Waals surface area contributed by atoms with Crippen molar-refractivity contribution < 1.29 is 9.47 Å². The average molecular weight is 340 g/mol. The molecule has 0 spiro atoms. The van der Waals surface area contributed by atoms with Gasteiger partial charge in [-0.3, -0.25) is 10.4 Å². The second-order valence-corrected chi connectivity index (χ2v) is 6.62. The van der Waals surface area contributed by atoms with Crippen molar-refractivity contribution in [2.75, 3.05) is 26.8 Å². The number of nitrogens with one attached hydrogen (secondary N) is 3. The van der Waals surface area contributed by atoms with Crippen LogP contribution in [0, 0.1) is 5.92 Å². The molecule has 0 aliphatic carbocycles. The number of ether oxygens (including phenoxy) is 2. The minimum Gasteiger partial charge on any atom is -0.493 e. The molecule has 0 radical (unpaired) electrons. The highest BCUT2D eigenvalue weighted by atomic mass is 16.5. The summed E-state index contributed by atoms with van der Waals surface area (Å²) >= 11 is 0. The first-order chi connectivity index (χ1) is 12.3. The van der Waals surface area contributed by atoms with Crippen LogP contribution in [0.3, 0.4) is 0 Å². The topological polar surface area (TPSA) is 67.4 Å². The number of fused-ring (bicyclic) bond motifs is 1. The van der Waals surface area contributed by atoms with E-state index in [1.165, 1.54) is 11.1 Å². The average Bonchev–Trinajstić information content (AvgIpc) is 3.15. The zero-order chi connectivity index (χ0) is 17.1. The van der Waals surface area contributed by atoms with Crippen molar-refractivity contribution in [3.05, 3.63) is 53.9 Å². The predicted octanol–water partition coefficient (Wildman–Crippen LogP) is 1.45. The molecule has 3 atom stereocenters. The summed E-state index contributed by atoms with van der Waals surface area (Å²) in [6.07, 6.45) is 4.70. The molecule has 6 nitrogen and oxygen atoms in total. The number of hydrazine groups is 1. The molecule has 2 aliphatic heterocycles. The van der Waals surface area contributed by atoms with Gasteiger partial charge in [0.1, 0.15) is 6.61 Å². The molecule has 3 unspecified atom stereocenters. The lowest BCUT2D eigenvalue weighted by Crippen LogP contribution is -2.42. The Balaban J connectivity index is 1.37. The number of methoxy groups -OCH3 is 1. The van der Waals surface area contributed by atoms with Crippen LogP contribution in [0.2, 0.25) is 0 Å². The molecule has 0 amide bonds. The van der Waals surface area contributed by atoms with Crippen LogP contribution in [0.1, 0.15) is 17.2 Å². The summed E-state index contributed by atoms with van der Waals surface area (Å²) in [4.78, 5) is 4.23. The fourth-order valence-corrected chi connectivity index (χ4v) is 3.65. The first-order valence-electron chi connectivity index (χ1n) is 8.75. The molecule has 25 heavy (non-hydrogen) atoms. The van der Waals surface area contributed by atoms with Gasteiger partial charge in [-0.2, -0.15) is 0 Å². The van der Waals surface area contributed by atoms with Gasteiger partial charge in [0.15, 0.2) is 11.5 Å². The van der Waals surface area contributed by atoms with Gasteiger partial charge in [-0.15, -0.1) is 0 Å². The first kappa shape index (κ1) is 16.3. The highest BCUT2D eigenvalue weighted by Crippen LogP contribution is 2.34. The van der Waals surface area contributed by atoms with Gasteiger partial charge in [0.25, 0.3) is 0 Å². The second kappa shape index (κ2) is 7.39. The number of aromatic nitrogens is 1. The highest BCUT2D eigenvalue weighted by Gasteiger charge is 2.30. The van der Waals surface area contributed by atoms with Crippen LogP contribution < -0.4 is 25.6 Å². The van der Waals surface area contributed by atoms with Crippen molar-refractivity contribution in [3.63, 3.8) is 0 Å². The highest BCUT2D eigenvalue weighted by molar-refractivity contribution is 5.48. The molecular formula is C19H24N4O2. The minimum absolute atomic E-state index is 0.276. The molecule has 1 aromatic heterocycles. The molecule has 0 saturated carbocycles. The van der Waals surface area contributed by atoms with Crippen LogP contribution in [0.5, 0.6) is 11.5 Å². The largest absolute Gasteiger partial charge is 0.493 e. The molecular weight excluding hydrogens is 316 g/mol. The zero-order valence-electron chi connectivity index (χ0n) is 14.4. The van der Waals surface area contributed by atoms with E-state index in [-0.39, 0.29) is 6.04 Å². The summed E-state index contributed by atoms with van der Waals surface area (Å²) in [5, 5.41) is 3.68. The third kappa shape index (κ3) is 3.46. The summed E-state index contributed by atoms with van der Waals surface area (Å²) in [7, 11) is 1.68.